The number of urea groups is 1. The number of benzene rings is 6. The van der Waals surface area contributed by atoms with Gasteiger partial charge in [-0.2, -0.15) is 54.1 Å². The summed E-state index contributed by atoms with van der Waals surface area (Å²) >= 11 is 0. The molecule has 6 aromatic carbocycles. The van der Waals surface area contributed by atoms with Crippen LogP contribution in [0, 0.1) is 13.8 Å². The molecule has 0 saturated carbocycles. The molecule has 78 heavy (non-hydrogen) atoms. The number of ether oxygens (including phenoxy) is 3. The molecule has 0 aromatic heterocycles. The molecule has 0 aliphatic heterocycles. The van der Waals surface area contributed by atoms with Crippen LogP contribution in [0.2, 0.25) is 0 Å². The summed E-state index contributed by atoms with van der Waals surface area (Å²) in [6.45, 7) is 8.20. The minimum atomic E-state index is -4.86. The molecule has 416 valence electrons. The molecule has 0 bridgehead atoms. The molecule has 6 rings (SSSR count). The third-order valence-electron chi connectivity index (χ3n) is 10.7. The van der Waals surface area contributed by atoms with Crippen molar-refractivity contribution >= 4 is 102 Å². The van der Waals surface area contributed by atoms with Gasteiger partial charge in [0.1, 0.15) is 19.6 Å². The minimum absolute atomic E-state index is 0. The third kappa shape index (κ3) is 19.5. The molecule has 0 unspecified atom stereocenters. The van der Waals surface area contributed by atoms with Gasteiger partial charge in [0.2, 0.25) is 0 Å². The molecule has 0 atom stereocenters. The Balaban J connectivity index is 0.000000560. The van der Waals surface area contributed by atoms with Crippen LogP contribution in [0.15, 0.2) is 137 Å². The number of aliphatic hydroxyl groups is 3. The molecule has 6 aromatic rings. The first-order chi connectivity index (χ1) is 36.3. The van der Waals surface area contributed by atoms with E-state index in [1.807, 2.05) is 0 Å². The van der Waals surface area contributed by atoms with Crippen LogP contribution < -0.4 is 40.2 Å². The minimum Gasteiger partial charge on any atom is -0.394 e. The average Bonchev–Trinajstić information content (AvgIpc) is 3.36. The zero-order valence-electron chi connectivity index (χ0n) is 42.1. The second-order valence-electron chi connectivity index (χ2n) is 16.3. The van der Waals surface area contributed by atoms with Gasteiger partial charge in [-0.05, 0) is 97.8 Å². The molecule has 0 spiro atoms. The van der Waals surface area contributed by atoms with E-state index < -0.39 is 66.1 Å². The van der Waals surface area contributed by atoms with Crippen LogP contribution >= 0.6 is 0 Å². The van der Waals surface area contributed by atoms with Crippen LogP contribution in [0.1, 0.15) is 11.1 Å². The van der Waals surface area contributed by atoms with Crippen molar-refractivity contribution < 1.29 is 116 Å². The molecule has 0 saturated heterocycles. The van der Waals surface area contributed by atoms with Gasteiger partial charge in [0.15, 0.2) is 0 Å². The Kier molecular flexibility index (Phi) is 24.9. The van der Waals surface area contributed by atoms with E-state index in [1.54, 1.807) is 26.0 Å². The van der Waals surface area contributed by atoms with E-state index in [0.717, 1.165) is 43.9 Å². The quantitative estimate of drug-likeness (QED) is 0.0172. The Hall–Kier alpha value is -5.33. The summed E-state index contributed by atoms with van der Waals surface area (Å²) in [6, 6.07) is 19.8. The second kappa shape index (κ2) is 29.8. The third-order valence-corrected chi connectivity index (χ3v) is 14.3. The summed E-state index contributed by atoms with van der Waals surface area (Å²) in [7, 11) is -19.3. The molecule has 0 radical (unpaired) electrons. The van der Waals surface area contributed by atoms with Crippen molar-refractivity contribution in [1.82, 2.24) is 4.90 Å². The summed E-state index contributed by atoms with van der Waals surface area (Å²) in [5, 5.41) is 46.6. The van der Waals surface area contributed by atoms with Crippen molar-refractivity contribution in [1.29, 1.82) is 0 Å². The number of nitrogens with zero attached hydrogens (tertiary/aromatic N) is 5. The van der Waals surface area contributed by atoms with Crippen LogP contribution in [0.25, 0.3) is 21.5 Å². The Bertz CT molecular complexity index is 3350. The number of anilines is 2. The fraction of sp³-hybridized carbons (Fsp3) is 0.298. The van der Waals surface area contributed by atoms with Crippen LogP contribution in [0.5, 0.6) is 0 Å². The van der Waals surface area contributed by atoms with Crippen LogP contribution in [-0.2, 0) is 54.7 Å². The predicted molar refractivity (Wildman–Crippen MR) is 281 cm³/mol. The van der Waals surface area contributed by atoms with Gasteiger partial charge >= 0.3 is 35.6 Å². The zero-order chi connectivity index (χ0) is 56.6. The largest absolute Gasteiger partial charge is 1.00 e. The smallest absolute Gasteiger partial charge is 0.394 e. The first-order valence-corrected chi connectivity index (χ1v) is 28.5. The van der Waals surface area contributed by atoms with Crippen molar-refractivity contribution in [3.8, 4) is 0 Å². The maximum atomic E-state index is 12.9. The Morgan fingerprint density at radius 3 is 1.12 bits per heavy atom. The van der Waals surface area contributed by atoms with Crippen LogP contribution in [0.3, 0.4) is 0 Å². The topological polar surface area (TPSA) is 400 Å². The number of carbonyl (C=O) groups is 1. The van der Waals surface area contributed by atoms with Gasteiger partial charge in [0.25, 0.3) is 40.5 Å². The number of rotatable bonds is 25. The molecular weight excluding hydrogens is 1120 g/mol. The summed E-state index contributed by atoms with van der Waals surface area (Å²) < 4.78 is 151. The fourth-order valence-corrected chi connectivity index (χ4v) is 10.1. The summed E-state index contributed by atoms with van der Waals surface area (Å²) in [5.41, 5.74) is 1.93. The van der Waals surface area contributed by atoms with Gasteiger partial charge in [-0.25, -0.2) is 4.79 Å². The van der Waals surface area contributed by atoms with E-state index in [-0.39, 0.29) is 93.7 Å². The monoisotopic (exact) mass is 1170 g/mol. The Morgan fingerprint density at radius 1 is 0.462 bits per heavy atom. The molecule has 31 heteroatoms. The van der Waals surface area contributed by atoms with Gasteiger partial charge in [-0.1, -0.05) is 24.3 Å². The number of hydrogen-bond donors (Lipinski definition) is 9. The van der Waals surface area contributed by atoms with Crippen molar-refractivity contribution in [2.45, 2.75) is 33.4 Å². The van der Waals surface area contributed by atoms with E-state index in [0.29, 0.717) is 62.1 Å². The van der Waals surface area contributed by atoms with E-state index in [9.17, 15) is 56.7 Å². The van der Waals surface area contributed by atoms with Gasteiger partial charge < -0.3 is 40.2 Å². The SMILES string of the molecule is Cc1cc(NC(=O)Nc2ccc(N=Nc3cc(S(=O)(=O)O)c4cccc(S(=O)(=O)O)c4c3)c(C)c2)ccc1N=Nc1cc(S(=O)(=O)O)c2cccc(S(=O)(=O)O)c2c1.OCCOCCN(CCOCCO)CCOCCO.[Na+]. The molecule has 0 aliphatic rings. The summed E-state index contributed by atoms with van der Waals surface area (Å²) in [4.78, 5) is 12.5. The normalized spacial score (nSPS) is 12.3. The Morgan fingerprint density at radius 2 is 0.808 bits per heavy atom. The van der Waals surface area contributed by atoms with Crippen molar-refractivity contribution in [2.24, 2.45) is 20.5 Å². The predicted octanol–water partition coefficient (Wildman–Crippen LogP) is 3.39. The average molecular weight is 1170 g/mol. The molecule has 0 aliphatic carbocycles. The maximum Gasteiger partial charge on any atom is 1.00 e. The Labute approximate surface area is 471 Å². The van der Waals surface area contributed by atoms with E-state index in [2.05, 4.69) is 36.0 Å². The van der Waals surface area contributed by atoms with E-state index in [4.69, 9.17) is 29.5 Å². The van der Waals surface area contributed by atoms with Gasteiger partial charge in [0.05, 0.1) is 82.2 Å². The number of aliphatic hydroxyl groups excluding tert-OH is 3. The number of nitrogens with one attached hydrogen (secondary N) is 2. The van der Waals surface area contributed by atoms with Crippen molar-refractivity contribution in [2.75, 3.05) is 89.7 Å². The summed E-state index contributed by atoms with van der Waals surface area (Å²) in [6.07, 6.45) is 0. The fourth-order valence-electron chi connectivity index (χ4n) is 7.23. The van der Waals surface area contributed by atoms with Crippen molar-refractivity contribution in [3.05, 3.63) is 108 Å². The van der Waals surface area contributed by atoms with E-state index in [1.165, 1.54) is 60.7 Å². The first kappa shape index (κ1) is 65.2. The molecule has 0 heterocycles. The maximum absolute atomic E-state index is 12.9. The van der Waals surface area contributed by atoms with Gasteiger partial charge in [-0.3, -0.25) is 23.1 Å². The zero-order valence-corrected chi connectivity index (χ0v) is 47.4. The number of amides is 2. The summed E-state index contributed by atoms with van der Waals surface area (Å²) in [5.74, 6) is 0. The number of azo groups is 2. The molecule has 2 amide bonds. The van der Waals surface area contributed by atoms with Crippen LogP contribution in [0.4, 0.5) is 38.9 Å². The van der Waals surface area contributed by atoms with E-state index >= 15 is 0 Å². The molecule has 0 fully saturated rings. The molecule has 26 nitrogen and oxygen atoms in total. The standard InChI is InChI=1S/C35H28N6O13S4.C12H27NO6.Na/c1-19-13-21(9-11-29(19)40-38-23-15-27-25(33(17-23)57(49,50)51)5-3-7-31(27)55(43,44)45)36-35(42)37-22-10-12-30(20(2)14-22)41-39-24-16-28-26(34(18-24)58(52,53)54)6-4-8-32(28)56(46,47)48;14-4-10-17-7-1-13(2-8-18-11-5-15)3-9-19-12-6-16;/h3-18H,1-2H3,(H2,36,37,42)(H,43,44,45)(H,46,47,48)(H,49,50,51)(H,52,53,54);14-16H,1-12H2;/q;;+1. The van der Waals surface area contributed by atoms with Crippen molar-refractivity contribution in [3.63, 3.8) is 0 Å². The van der Waals surface area contributed by atoms with Gasteiger partial charge in [0, 0.05) is 52.6 Å². The number of carbonyl (C=O) groups excluding carboxylic acids is 1. The number of aryl methyl sites for hydroxylation is 2. The number of hydrogen-bond acceptors (Lipinski definition) is 20. The molecular formula is C47H55N7NaO19S4+. The second-order valence-corrected chi connectivity index (χ2v) is 21.9. The first-order valence-electron chi connectivity index (χ1n) is 22.8. The molecule has 9 N–H and O–H groups in total. The van der Waals surface area contributed by atoms with Crippen LogP contribution in [-0.4, -0.2) is 157 Å². The number of fused-ring (bicyclic) bond motifs is 2. The van der Waals surface area contributed by atoms with Gasteiger partial charge in [-0.15, -0.1) is 0 Å².